The van der Waals surface area contributed by atoms with Crippen LogP contribution >= 0.6 is 0 Å². The van der Waals surface area contributed by atoms with Crippen molar-refractivity contribution in [3.63, 3.8) is 0 Å². The van der Waals surface area contributed by atoms with E-state index in [9.17, 15) is 0 Å². The second-order valence-electron chi connectivity index (χ2n) is 2.61. The van der Waals surface area contributed by atoms with Crippen molar-refractivity contribution in [2.45, 2.75) is 33.6 Å². The molecule has 0 radical (unpaired) electrons. The van der Waals surface area contributed by atoms with Crippen molar-refractivity contribution in [1.82, 2.24) is 0 Å². The average molecular weight is 168 g/mol. The molecule has 1 aliphatic carbocycles. The van der Waals surface area contributed by atoms with E-state index in [2.05, 4.69) is 0 Å². The molecule has 0 aromatic rings. The van der Waals surface area contributed by atoms with Gasteiger partial charge in [0.05, 0.1) is 0 Å². The Bertz CT molecular complexity index is 183. The zero-order chi connectivity index (χ0) is 9.56. The van der Waals surface area contributed by atoms with E-state index in [4.69, 9.17) is 10.0 Å². The van der Waals surface area contributed by atoms with Gasteiger partial charge in [-0.1, -0.05) is 31.6 Å². The molecule has 2 nitrogen and oxygen atoms in total. The van der Waals surface area contributed by atoms with Crippen LogP contribution in [0.3, 0.4) is 0 Å². The largest absolute Gasteiger partial charge is 0.488 e. The van der Waals surface area contributed by atoms with Gasteiger partial charge in [0.2, 0.25) is 0 Å². The van der Waals surface area contributed by atoms with Crippen LogP contribution in [-0.4, -0.2) is 17.2 Å². The Labute approximate surface area is 74.8 Å². The Balaban J connectivity index is 0.000000561. The van der Waals surface area contributed by atoms with Crippen LogP contribution in [-0.2, 0) is 0 Å². The molecular formula is C9H17BO2. The molecule has 0 unspecified atom stereocenters. The molecular weight excluding hydrogens is 151 g/mol. The van der Waals surface area contributed by atoms with Crippen molar-refractivity contribution in [3.05, 3.63) is 23.2 Å². The highest BCUT2D eigenvalue weighted by molar-refractivity contribution is 6.51. The molecule has 0 saturated carbocycles. The molecule has 0 spiro atoms. The lowest BCUT2D eigenvalue weighted by Crippen LogP contribution is -2.15. The molecule has 1 aliphatic rings. The van der Waals surface area contributed by atoms with Crippen LogP contribution in [0, 0.1) is 0 Å². The van der Waals surface area contributed by atoms with E-state index in [0.717, 1.165) is 12.8 Å². The monoisotopic (exact) mass is 168 g/mol. The Hall–Kier alpha value is -0.535. The van der Waals surface area contributed by atoms with Crippen LogP contribution in [0.15, 0.2) is 23.2 Å². The average Bonchev–Trinajstić information content (AvgIpc) is 2.08. The Morgan fingerprint density at radius 2 is 1.92 bits per heavy atom. The molecule has 68 valence electrons. The van der Waals surface area contributed by atoms with E-state index in [1.54, 1.807) is 0 Å². The molecule has 0 aromatic carbocycles. The van der Waals surface area contributed by atoms with Crippen LogP contribution in [0.2, 0.25) is 0 Å². The summed E-state index contributed by atoms with van der Waals surface area (Å²) in [5.41, 5.74) is 1.84. The number of allylic oxidation sites excluding steroid dienone is 4. The fourth-order valence-electron chi connectivity index (χ4n) is 1.06. The first-order valence-electron chi connectivity index (χ1n) is 4.43. The van der Waals surface area contributed by atoms with Gasteiger partial charge in [0, 0.05) is 0 Å². The van der Waals surface area contributed by atoms with Gasteiger partial charge in [-0.05, 0) is 25.2 Å². The van der Waals surface area contributed by atoms with Crippen molar-refractivity contribution in [1.29, 1.82) is 0 Å². The summed E-state index contributed by atoms with van der Waals surface area (Å²) >= 11 is 0. The Morgan fingerprint density at radius 1 is 1.33 bits per heavy atom. The minimum Gasteiger partial charge on any atom is -0.423 e. The van der Waals surface area contributed by atoms with E-state index in [-0.39, 0.29) is 0 Å². The van der Waals surface area contributed by atoms with Crippen molar-refractivity contribution >= 4 is 7.12 Å². The Morgan fingerprint density at radius 3 is 2.25 bits per heavy atom. The topological polar surface area (TPSA) is 40.5 Å². The van der Waals surface area contributed by atoms with Gasteiger partial charge in [-0.15, -0.1) is 0 Å². The summed E-state index contributed by atoms with van der Waals surface area (Å²) < 4.78 is 0. The summed E-state index contributed by atoms with van der Waals surface area (Å²) in [6.45, 7) is 6.00. The molecule has 0 heterocycles. The molecule has 0 fully saturated rings. The van der Waals surface area contributed by atoms with Crippen molar-refractivity contribution in [2.75, 3.05) is 0 Å². The molecule has 0 aliphatic heterocycles. The van der Waals surface area contributed by atoms with Gasteiger partial charge in [-0.25, -0.2) is 0 Å². The molecule has 0 atom stereocenters. The number of rotatable bonds is 1. The predicted octanol–water partition coefficient (Wildman–Crippen LogP) is 1.69. The summed E-state index contributed by atoms with van der Waals surface area (Å²) in [4.78, 5) is 0. The minimum absolute atomic E-state index is 0.628. The van der Waals surface area contributed by atoms with Crippen LogP contribution in [0.25, 0.3) is 0 Å². The zero-order valence-corrected chi connectivity index (χ0v) is 8.04. The van der Waals surface area contributed by atoms with Crippen LogP contribution in [0.4, 0.5) is 0 Å². The van der Waals surface area contributed by atoms with Gasteiger partial charge in [0.25, 0.3) is 0 Å². The van der Waals surface area contributed by atoms with Gasteiger partial charge in [0.15, 0.2) is 0 Å². The van der Waals surface area contributed by atoms with Gasteiger partial charge < -0.3 is 10.0 Å². The standard InChI is InChI=1S/C7H11BO2.C2H6/c1-6-3-2-4-7(5-6)8(9)10;1-2/h4-5,9-10H,2-3H2,1H3;1-2H3. The molecule has 0 bridgehead atoms. The maximum absolute atomic E-state index is 8.74. The third-order valence-corrected chi connectivity index (χ3v) is 1.63. The highest BCUT2D eigenvalue weighted by atomic mass is 16.4. The lowest BCUT2D eigenvalue weighted by molar-refractivity contribution is 0.420. The highest BCUT2D eigenvalue weighted by Gasteiger charge is 2.13. The quantitative estimate of drug-likeness (QED) is 0.585. The maximum Gasteiger partial charge on any atom is 0.488 e. The Kier molecular flexibility index (Phi) is 5.76. The number of hydrogen-bond donors (Lipinski definition) is 2. The van der Waals surface area contributed by atoms with E-state index in [1.165, 1.54) is 5.57 Å². The predicted molar refractivity (Wildman–Crippen MR) is 52.6 cm³/mol. The van der Waals surface area contributed by atoms with Crippen molar-refractivity contribution < 1.29 is 10.0 Å². The fraction of sp³-hybridized carbons (Fsp3) is 0.556. The van der Waals surface area contributed by atoms with E-state index in [0.29, 0.717) is 5.47 Å². The zero-order valence-electron chi connectivity index (χ0n) is 8.04. The fourth-order valence-corrected chi connectivity index (χ4v) is 1.06. The lowest BCUT2D eigenvalue weighted by Gasteiger charge is -2.08. The van der Waals surface area contributed by atoms with E-state index >= 15 is 0 Å². The summed E-state index contributed by atoms with van der Waals surface area (Å²) in [6.07, 6.45) is 5.65. The number of hydrogen-bond acceptors (Lipinski definition) is 2. The van der Waals surface area contributed by atoms with Crippen LogP contribution < -0.4 is 0 Å². The molecule has 0 aromatic heterocycles. The second-order valence-corrected chi connectivity index (χ2v) is 2.61. The molecule has 12 heavy (non-hydrogen) atoms. The lowest BCUT2D eigenvalue weighted by atomic mass is 9.75. The molecule has 0 saturated heterocycles. The van der Waals surface area contributed by atoms with Gasteiger partial charge >= 0.3 is 7.12 Å². The summed E-state index contributed by atoms with van der Waals surface area (Å²) in [5, 5.41) is 17.5. The van der Waals surface area contributed by atoms with Crippen LogP contribution in [0.1, 0.15) is 33.6 Å². The van der Waals surface area contributed by atoms with Gasteiger partial charge in [0.1, 0.15) is 0 Å². The second kappa shape index (κ2) is 6.03. The maximum atomic E-state index is 8.74. The third-order valence-electron chi connectivity index (χ3n) is 1.63. The molecule has 2 N–H and O–H groups in total. The first-order chi connectivity index (χ1) is 5.70. The summed E-state index contributed by atoms with van der Waals surface area (Å²) in [7, 11) is -1.30. The van der Waals surface area contributed by atoms with Crippen LogP contribution in [0.5, 0.6) is 0 Å². The summed E-state index contributed by atoms with van der Waals surface area (Å²) in [5.74, 6) is 0. The first-order valence-corrected chi connectivity index (χ1v) is 4.43. The highest BCUT2D eigenvalue weighted by Crippen LogP contribution is 2.16. The van der Waals surface area contributed by atoms with Crippen molar-refractivity contribution in [2.24, 2.45) is 0 Å². The van der Waals surface area contributed by atoms with E-state index in [1.807, 2.05) is 32.9 Å². The molecule has 1 rings (SSSR count). The molecule has 3 heteroatoms. The van der Waals surface area contributed by atoms with Gasteiger partial charge in [-0.2, -0.15) is 0 Å². The SMILES string of the molecule is CC.CC1=CC(B(O)O)=CCC1. The van der Waals surface area contributed by atoms with E-state index < -0.39 is 7.12 Å². The third kappa shape index (κ3) is 3.74. The minimum atomic E-state index is -1.30. The van der Waals surface area contributed by atoms with Gasteiger partial charge in [-0.3, -0.25) is 0 Å². The smallest absolute Gasteiger partial charge is 0.423 e. The summed E-state index contributed by atoms with van der Waals surface area (Å²) in [6, 6.07) is 0. The molecule has 0 amide bonds. The first kappa shape index (κ1) is 11.5. The van der Waals surface area contributed by atoms with Crippen molar-refractivity contribution in [3.8, 4) is 0 Å². The normalized spacial score (nSPS) is 15.4.